The van der Waals surface area contributed by atoms with Gasteiger partial charge in [0, 0.05) is 11.8 Å². The SMILES string of the molecule is C=C1[C@@H]2[C@H]3OC(=O)[C@@H](C)[C@@H]3CCC(=C)[C@@H]2C[C@@H]1O[C@H]1O[C@H](CO)[C@@H](O)[C@H](O)[C@H]1O. The van der Waals surface area contributed by atoms with E-state index in [1.165, 1.54) is 0 Å². The number of aliphatic hydroxyl groups is 4. The van der Waals surface area contributed by atoms with E-state index in [0.29, 0.717) is 6.42 Å². The predicted molar refractivity (Wildman–Crippen MR) is 100 cm³/mol. The molecule has 29 heavy (non-hydrogen) atoms. The molecule has 0 radical (unpaired) electrons. The van der Waals surface area contributed by atoms with Gasteiger partial charge < -0.3 is 34.6 Å². The molecule has 4 rings (SSSR count). The van der Waals surface area contributed by atoms with Gasteiger partial charge in [0.25, 0.3) is 0 Å². The minimum absolute atomic E-state index is 0.0467. The van der Waals surface area contributed by atoms with E-state index in [-0.39, 0.29) is 35.7 Å². The number of aliphatic hydroxyl groups excluding tert-OH is 4. The Kier molecular flexibility index (Phi) is 5.61. The maximum atomic E-state index is 12.2. The number of carbonyl (C=O) groups is 1. The first-order valence-electron chi connectivity index (χ1n) is 10.3. The van der Waals surface area contributed by atoms with Gasteiger partial charge in [-0.2, -0.15) is 0 Å². The van der Waals surface area contributed by atoms with Crippen molar-refractivity contribution in [2.75, 3.05) is 6.61 Å². The standard InChI is InChI=1S/C21H30O8/c1-8-4-5-11-9(2)20(26)29-19(11)15-10(3)13(6-12(8)15)27-21-18(25)17(24)16(23)14(7-22)28-21/h9,11-19,21-25H,1,3-7H2,2H3/t9-,11-,12-,13-,14+,15-,16+,17-,18+,19-,21-/m0/s1. The zero-order chi connectivity index (χ0) is 21.0. The summed E-state index contributed by atoms with van der Waals surface area (Å²) in [6.45, 7) is 9.84. The average molecular weight is 410 g/mol. The fourth-order valence-corrected chi connectivity index (χ4v) is 5.43. The summed E-state index contributed by atoms with van der Waals surface area (Å²) in [7, 11) is 0. The highest BCUT2D eigenvalue weighted by molar-refractivity contribution is 5.75. The molecule has 2 aliphatic carbocycles. The number of fused-ring (bicyclic) bond motifs is 3. The minimum Gasteiger partial charge on any atom is -0.461 e. The Bertz CT molecular complexity index is 690. The third-order valence-corrected chi connectivity index (χ3v) is 7.26. The number of carbonyl (C=O) groups excluding carboxylic acids is 1. The molecule has 162 valence electrons. The van der Waals surface area contributed by atoms with E-state index in [2.05, 4.69) is 13.2 Å². The zero-order valence-corrected chi connectivity index (χ0v) is 16.5. The topological polar surface area (TPSA) is 126 Å². The molecule has 4 N–H and O–H groups in total. The van der Waals surface area contributed by atoms with Crippen LogP contribution in [0.2, 0.25) is 0 Å². The Balaban J connectivity index is 1.53. The number of hydrogen-bond acceptors (Lipinski definition) is 8. The monoisotopic (exact) mass is 410 g/mol. The lowest BCUT2D eigenvalue weighted by atomic mass is 9.80. The van der Waals surface area contributed by atoms with Crippen LogP contribution in [0.25, 0.3) is 0 Å². The molecule has 11 atom stereocenters. The van der Waals surface area contributed by atoms with Crippen LogP contribution in [-0.4, -0.2) is 75.9 Å². The third kappa shape index (κ3) is 3.36. The van der Waals surface area contributed by atoms with Crippen LogP contribution in [0.5, 0.6) is 0 Å². The Labute approximate surface area is 169 Å². The lowest BCUT2D eigenvalue weighted by Crippen LogP contribution is -2.59. The van der Waals surface area contributed by atoms with Gasteiger partial charge in [-0.05, 0) is 30.8 Å². The van der Waals surface area contributed by atoms with Crippen LogP contribution < -0.4 is 0 Å². The highest BCUT2D eigenvalue weighted by atomic mass is 16.7. The summed E-state index contributed by atoms with van der Waals surface area (Å²) in [5, 5.41) is 39.6. The van der Waals surface area contributed by atoms with Crippen LogP contribution in [0.4, 0.5) is 0 Å². The van der Waals surface area contributed by atoms with Crippen molar-refractivity contribution in [2.24, 2.45) is 23.7 Å². The molecule has 0 spiro atoms. The molecule has 0 bridgehead atoms. The second-order valence-corrected chi connectivity index (χ2v) is 8.82. The van der Waals surface area contributed by atoms with Crippen LogP contribution in [0.1, 0.15) is 26.2 Å². The average Bonchev–Trinajstić information content (AvgIpc) is 3.11. The Morgan fingerprint density at radius 1 is 1.17 bits per heavy atom. The van der Waals surface area contributed by atoms with E-state index in [4.69, 9.17) is 14.2 Å². The summed E-state index contributed by atoms with van der Waals surface area (Å²) in [5.74, 6) is -0.302. The van der Waals surface area contributed by atoms with Gasteiger partial charge in [-0.15, -0.1) is 0 Å². The molecular formula is C21H30O8. The fourth-order valence-electron chi connectivity index (χ4n) is 5.43. The normalized spacial score (nSPS) is 50.1. The van der Waals surface area contributed by atoms with Gasteiger partial charge >= 0.3 is 5.97 Å². The fraction of sp³-hybridized carbons (Fsp3) is 0.762. The van der Waals surface area contributed by atoms with Gasteiger partial charge in [0.1, 0.15) is 30.5 Å². The molecule has 0 aromatic heterocycles. The smallest absolute Gasteiger partial charge is 0.309 e. The molecule has 4 fully saturated rings. The minimum atomic E-state index is -1.50. The van der Waals surface area contributed by atoms with Gasteiger partial charge in [0.2, 0.25) is 0 Å². The molecule has 0 aromatic rings. The molecule has 2 heterocycles. The van der Waals surface area contributed by atoms with E-state index < -0.39 is 43.4 Å². The Hall–Kier alpha value is -1.29. The van der Waals surface area contributed by atoms with Crippen LogP contribution in [0.3, 0.4) is 0 Å². The highest BCUT2D eigenvalue weighted by Crippen LogP contribution is 2.53. The maximum absolute atomic E-state index is 12.2. The lowest BCUT2D eigenvalue weighted by Gasteiger charge is -2.40. The van der Waals surface area contributed by atoms with Gasteiger partial charge in [-0.1, -0.05) is 25.7 Å². The zero-order valence-electron chi connectivity index (χ0n) is 16.5. The van der Waals surface area contributed by atoms with Crippen molar-refractivity contribution in [1.82, 2.24) is 0 Å². The maximum Gasteiger partial charge on any atom is 0.309 e. The highest BCUT2D eigenvalue weighted by Gasteiger charge is 2.55. The second-order valence-electron chi connectivity index (χ2n) is 8.82. The van der Waals surface area contributed by atoms with Crippen molar-refractivity contribution < 1.29 is 39.4 Å². The van der Waals surface area contributed by atoms with E-state index in [1.807, 2.05) is 6.92 Å². The molecule has 0 amide bonds. The molecule has 8 nitrogen and oxygen atoms in total. The van der Waals surface area contributed by atoms with Crippen molar-refractivity contribution in [3.8, 4) is 0 Å². The van der Waals surface area contributed by atoms with E-state index in [1.54, 1.807) is 0 Å². The number of rotatable bonds is 3. The van der Waals surface area contributed by atoms with Gasteiger partial charge in [0.15, 0.2) is 6.29 Å². The van der Waals surface area contributed by atoms with Crippen molar-refractivity contribution in [1.29, 1.82) is 0 Å². The summed E-state index contributed by atoms with van der Waals surface area (Å²) in [6.07, 6.45) is -5.18. The summed E-state index contributed by atoms with van der Waals surface area (Å²) in [6, 6.07) is 0. The van der Waals surface area contributed by atoms with Crippen LogP contribution in [-0.2, 0) is 19.0 Å². The molecule has 2 saturated heterocycles. The lowest BCUT2D eigenvalue weighted by molar-refractivity contribution is -0.308. The summed E-state index contributed by atoms with van der Waals surface area (Å²) < 4.78 is 17.2. The van der Waals surface area contributed by atoms with Crippen LogP contribution >= 0.6 is 0 Å². The number of allylic oxidation sites excluding steroid dienone is 1. The van der Waals surface area contributed by atoms with Gasteiger partial charge in [-0.25, -0.2) is 0 Å². The van der Waals surface area contributed by atoms with Crippen LogP contribution in [0.15, 0.2) is 24.3 Å². The van der Waals surface area contributed by atoms with E-state index >= 15 is 0 Å². The Morgan fingerprint density at radius 3 is 2.59 bits per heavy atom. The van der Waals surface area contributed by atoms with Crippen molar-refractivity contribution in [2.45, 2.75) is 69.1 Å². The predicted octanol–water partition coefficient (Wildman–Crippen LogP) is -0.109. The summed E-state index contributed by atoms with van der Waals surface area (Å²) in [4.78, 5) is 12.2. The molecule has 8 heteroatoms. The molecule has 0 aromatic carbocycles. The van der Waals surface area contributed by atoms with E-state index in [9.17, 15) is 25.2 Å². The molecular weight excluding hydrogens is 380 g/mol. The summed E-state index contributed by atoms with van der Waals surface area (Å²) in [5.41, 5.74) is 1.83. The number of hydrogen-bond donors (Lipinski definition) is 4. The Morgan fingerprint density at radius 2 is 1.90 bits per heavy atom. The van der Waals surface area contributed by atoms with Gasteiger partial charge in [0.05, 0.1) is 18.6 Å². The first kappa shape index (κ1) is 21.0. The van der Waals surface area contributed by atoms with Crippen molar-refractivity contribution in [3.63, 3.8) is 0 Å². The molecule has 2 aliphatic heterocycles. The number of esters is 1. The molecule has 2 saturated carbocycles. The molecule has 0 unspecified atom stereocenters. The largest absolute Gasteiger partial charge is 0.461 e. The van der Waals surface area contributed by atoms with Crippen molar-refractivity contribution in [3.05, 3.63) is 24.3 Å². The van der Waals surface area contributed by atoms with E-state index in [0.717, 1.165) is 24.0 Å². The van der Waals surface area contributed by atoms with Gasteiger partial charge in [-0.3, -0.25) is 4.79 Å². The first-order chi connectivity index (χ1) is 13.7. The van der Waals surface area contributed by atoms with Crippen LogP contribution in [0, 0.1) is 23.7 Å². The third-order valence-electron chi connectivity index (χ3n) is 7.26. The molecule has 4 aliphatic rings. The van der Waals surface area contributed by atoms with Crippen molar-refractivity contribution >= 4 is 5.97 Å². The summed E-state index contributed by atoms with van der Waals surface area (Å²) >= 11 is 0. The number of ether oxygens (including phenoxy) is 3. The first-order valence-corrected chi connectivity index (χ1v) is 10.3. The quantitative estimate of drug-likeness (QED) is 0.375. The second kappa shape index (κ2) is 7.76.